The van der Waals surface area contributed by atoms with Crippen molar-refractivity contribution in [2.24, 2.45) is 9.98 Å². The molecule has 3 heteroatoms. The molecule has 0 aromatic rings. The maximum Gasteiger partial charge on any atom is 0.221 e. The van der Waals surface area contributed by atoms with Gasteiger partial charge in [0.15, 0.2) is 0 Å². The van der Waals surface area contributed by atoms with Crippen LogP contribution in [-0.4, -0.2) is 19.2 Å². The van der Waals surface area contributed by atoms with Crippen molar-refractivity contribution in [1.82, 2.24) is 5.32 Å². The number of nitrogens with one attached hydrogen (secondary N) is 1. The van der Waals surface area contributed by atoms with Crippen LogP contribution in [0.5, 0.6) is 0 Å². The quantitative estimate of drug-likeness (QED) is 0.530. The van der Waals surface area contributed by atoms with E-state index in [0.717, 1.165) is 13.0 Å². The monoisotopic (exact) mass is 183 g/mol. The lowest BCUT2D eigenvalue weighted by Crippen LogP contribution is -2.14. The van der Waals surface area contributed by atoms with Gasteiger partial charge >= 0.3 is 0 Å². The lowest BCUT2D eigenvalue weighted by Gasteiger charge is -1.97. The van der Waals surface area contributed by atoms with E-state index in [1.807, 2.05) is 26.8 Å². The van der Waals surface area contributed by atoms with Gasteiger partial charge in [0.25, 0.3) is 0 Å². The molecule has 0 saturated heterocycles. The number of nitrogens with zero attached hydrogens (tertiary/aromatic N) is 2. The third-order valence-electron chi connectivity index (χ3n) is 1.01. The number of rotatable bonds is 3. The third-order valence-corrected chi connectivity index (χ3v) is 1.01. The molecule has 0 saturated carbocycles. The van der Waals surface area contributed by atoms with Gasteiger partial charge in [-0.3, -0.25) is 4.99 Å². The van der Waals surface area contributed by atoms with Gasteiger partial charge in [-0.1, -0.05) is 26.8 Å². The van der Waals surface area contributed by atoms with Crippen molar-refractivity contribution in [1.29, 1.82) is 0 Å². The fraction of sp³-hybridized carbons (Fsp3) is 0.600. The van der Waals surface area contributed by atoms with Gasteiger partial charge in [-0.15, -0.1) is 0 Å². The summed E-state index contributed by atoms with van der Waals surface area (Å²) in [6.45, 7) is 12.2. The van der Waals surface area contributed by atoms with E-state index < -0.39 is 0 Å². The van der Waals surface area contributed by atoms with E-state index in [4.69, 9.17) is 0 Å². The van der Waals surface area contributed by atoms with Crippen molar-refractivity contribution in [2.45, 2.75) is 34.1 Å². The van der Waals surface area contributed by atoms with E-state index in [0.29, 0.717) is 5.96 Å². The first-order valence-electron chi connectivity index (χ1n) is 4.74. The SMILES string of the molecule is C=NC(=NCCC)N/C=C\C.CC. The van der Waals surface area contributed by atoms with E-state index in [1.165, 1.54) is 0 Å². The minimum absolute atomic E-state index is 0.588. The summed E-state index contributed by atoms with van der Waals surface area (Å²) < 4.78 is 0. The fourth-order valence-electron chi connectivity index (χ4n) is 0.517. The predicted molar refractivity (Wildman–Crippen MR) is 61.4 cm³/mol. The Kier molecular flexibility index (Phi) is 14.9. The Morgan fingerprint density at radius 1 is 1.46 bits per heavy atom. The molecule has 0 fully saturated rings. The number of allylic oxidation sites excluding steroid dienone is 1. The molecule has 0 aliphatic rings. The summed E-state index contributed by atoms with van der Waals surface area (Å²) in [5.41, 5.74) is 0. The summed E-state index contributed by atoms with van der Waals surface area (Å²) >= 11 is 0. The maximum absolute atomic E-state index is 4.12. The second kappa shape index (κ2) is 13.5. The lowest BCUT2D eigenvalue weighted by atomic mass is 10.5. The van der Waals surface area contributed by atoms with Gasteiger partial charge in [-0.05, 0) is 26.3 Å². The zero-order chi connectivity index (χ0) is 10.5. The summed E-state index contributed by atoms with van der Waals surface area (Å²) in [5, 5.41) is 2.89. The van der Waals surface area contributed by atoms with Crippen LogP contribution in [0, 0.1) is 0 Å². The van der Waals surface area contributed by atoms with Gasteiger partial charge < -0.3 is 5.32 Å². The topological polar surface area (TPSA) is 36.8 Å². The van der Waals surface area contributed by atoms with E-state index in [-0.39, 0.29) is 0 Å². The summed E-state index contributed by atoms with van der Waals surface area (Å²) in [6.07, 6.45) is 4.69. The Labute approximate surface area is 81.7 Å². The van der Waals surface area contributed by atoms with Crippen molar-refractivity contribution in [3.63, 3.8) is 0 Å². The lowest BCUT2D eigenvalue weighted by molar-refractivity contribution is 0.920. The minimum atomic E-state index is 0.588. The molecule has 0 aliphatic carbocycles. The first kappa shape index (κ1) is 14.4. The minimum Gasteiger partial charge on any atom is -0.331 e. The molecule has 0 radical (unpaired) electrons. The molecule has 1 N–H and O–H groups in total. The molecule has 0 aromatic carbocycles. The van der Waals surface area contributed by atoms with Crippen molar-refractivity contribution in [3.05, 3.63) is 12.3 Å². The Balaban J connectivity index is 0. The zero-order valence-electron chi connectivity index (χ0n) is 9.17. The zero-order valence-corrected chi connectivity index (χ0v) is 9.17. The Hall–Kier alpha value is -1.12. The highest BCUT2D eigenvalue weighted by molar-refractivity contribution is 5.84. The number of hydrogen-bond donors (Lipinski definition) is 1. The number of aliphatic imine (C=N–C) groups is 2. The molecule has 0 spiro atoms. The molecule has 0 aliphatic heterocycles. The molecule has 0 rings (SSSR count). The molecular weight excluding hydrogens is 162 g/mol. The first-order valence-corrected chi connectivity index (χ1v) is 4.74. The van der Waals surface area contributed by atoms with Crippen molar-refractivity contribution >= 4 is 12.7 Å². The molecule has 76 valence electrons. The van der Waals surface area contributed by atoms with E-state index in [2.05, 4.69) is 28.9 Å². The molecule has 0 aromatic heterocycles. The predicted octanol–water partition coefficient (Wildman–Crippen LogP) is 2.60. The molecule has 0 unspecified atom stereocenters. The normalized spacial score (nSPS) is 10.6. The fourth-order valence-corrected chi connectivity index (χ4v) is 0.517. The highest BCUT2D eigenvalue weighted by atomic mass is 15.1. The molecule has 13 heavy (non-hydrogen) atoms. The highest BCUT2D eigenvalue weighted by Gasteiger charge is 1.86. The van der Waals surface area contributed by atoms with Gasteiger partial charge in [0, 0.05) is 6.54 Å². The van der Waals surface area contributed by atoms with Crippen LogP contribution in [0.1, 0.15) is 34.1 Å². The smallest absolute Gasteiger partial charge is 0.221 e. The summed E-state index contributed by atoms with van der Waals surface area (Å²) in [6, 6.07) is 0. The average Bonchev–Trinajstić information content (AvgIpc) is 2.21. The Morgan fingerprint density at radius 2 is 2.08 bits per heavy atom. The molecule has 0 atom stereocenters. The largest absolute Gasteiger partial charge is 0.331 e. The number of guanidine groups is 1. The van der Waals surface area contributed by atoms with Gasteiger partial charge in [0.1, 0.15) is 0 Å². The number of hydrogen-bond acceptors (Lipinski definition) is 1. The summed E-state index contributed by atoms with van der Waals surface area (Å²) in [4.78, 5) is 7.82. The second-order valence-corrected chi connectivity index (χ2v) is 2.01. The van der Waals surface area contributed by atoms with E-state index >= 15 is 0 Å². The maximum atomic E-state index is 4.12. The van der Waals surface area contributed by atoms with Crippen LogP contribution in [0.2, 0.25) is 0 Å². The highest BCUT2D eigenvalue weighted by Crippen LogP contribution is 1.81. The molecule has 0 bridgehead atoms. The van der Waals surface area contributed by atoms with Crippen LogP contribution in [0.25, 0.3) is 0 Å². The molecular formula is C10H21N3. The van der Waals surface area contributed by atoms with Crippen LogP contribution in [0.4, 0.5) is 0 Å². The molecule has 0 heterocycles. The van der Waals surface area contributed by atoms with E-state index in [1.54, 1.807) is 6.20 Å². The molecule has 3 nitrogen and oxygen atoms in total. The first-order chi connectivity index (χ1) is 6.35. The third kappa shape index (κ3) is 10.9. The van der Waals surface area contributed by atoms with Crippen LogP contribution in [0.3, 0.4) is 0 Å². The van der Waals surface area contributed by atoms with Crippen molar-refractivity contribution in [3.8, 4) is 0 Å². The van der Waals surface area contributed by atoms with Gasteiger partial charge in [-0.25, -0.2) is 4.99 Å². The average molecular weight is 183 g/mol. The van der Waals surface area contributed by atoms with Crippen LogP contribution >= 0.6 is 0 Å². The molecule has 0 amide bonds. The Bertz CT molecular complexity index is 160. The second-order valence-electron chi connectivity index (χ2n) is 2.01. The van der Waals surface area contributed by atoms with E-state index in [9.17, 15) is 0 Å². The van der Waals surface area contributed by atoms with Crippen LogP contribution in [0.15, 0.2) is 22.3 Å². The van der Waals surface area contributed by atoms with Gasteiger partial charge in [0.05, 0.1) is 0 Å². The summed E-state index contributed by atoms with van der Waals surface area (Å²) in [7, 11) is 0. The van der Waals surface area contributed by atoms with Crippen LogP contribution < -0.4 is 5.32 Å². The summed E-state index contributed by atoms with van der Waals surface area (Å²) in [5.74, 6) is 0.588. The van der Waals surface area contributed by atoms with Crippen LogP contribution in [-0.2, 0) is 0 Å². The van der Waals surface area contributed by atoms with Gasteiger partial charge in [-0.2, -0.15) is 0 Å². The standard InChI is InChI=1S/C8H15N3.C2H6/c1-4-6-10-8(9-3)11-7-5-2;1-2/h4,6H,3,5,7H2,1-2H3,(H,10,11);1-2H3/b6-4-;. The van der Waals surface area contributed by atoms with Gasteiger partial charge in [0.2, 0.25) is 5.96 Å². The Morgan fingerprint density at radius 3 is 2.46 bits per heavy atom. The van der Waals surface area contributed by atoms with Crippen molar-refractivity contribution in [2.75, 3.05) is 6.54 Å². The van der Waals surface area contributed by atoms with Crippen molar-refractivity contribution < 1.29 is 0 Å².